The third kappa shape index (κ3) is 10.1. The largest absolute Gasteiger partial charge is 2.00 e. The summed E-state index contributed by atoms with van der Waals surface area (Å²) in [6.07, 6.45) is 0. The molecule has 0 aromatic heterocycles. The topological polar surface area (TPSA) is 178 Å². The van der Waals surface area contributed by atoms with Crippen molar-refractivity contribution in [2.45, 2.75) is 25.2 Å². The van der Waals surface area contributed by atoms with Gasteiger partial charge >= 0.3 is 46.1 Å². The maximum absolute atomic E-state index is 10.7. The Bertz CT molecular complexity index is 739. The molecule has 2 unspecified atom stereocenters. The molecule has 0 aliphatic carbocycles. The summed E-state index contributed by atoms with van der Waals surface area (Å²) in [6, 6.07) is 12.5. The maximum atomic E-state index is 10.7. The summed E-state index contributed by atoms with van der Waals surface area (Å²) in [7, 11) is -9.07. The van der Waals surface area contributed by atoms with Crippen molar-refractivity contribution in [3.8, 4) is 0 Å². The summed E-state index contributed by atoms with van der Waals surface area (Å²) in [5, 5.41) is 0. The maximum Gasteiger partial charge on any atom is 2.00 e. The van der Waals surface area contributed by atoms with E-state index < -0.39 is 26.5 Å². The number of hydrogen-bond acceptors (Lipinski definition) is 8. The molecule has 0 aliphatic heterocycles. The van der Waals surface area contributed by atoms with Gasteiger partial charge in [0.05, 0.1) is 0 Å². The van der Waals surface area contributed by atoms with Crippen molar-refractivity contribution in [1.82, 2.24) is 0 Å². The van der Waals surface area contributed by atoms with Crippen molar-refractivity contribution in [1.29, 1.82) is 0 Å². The molecule has 4 N–H and O–H groups in total. The van der Waals surface area contributed by atoms with Gasteiger partial charge in [0.25, 0.3) is 0 Å². The Morgan fingerprint density at radius 1 is 0.643 bits per heavy atom. The van der Waals surface area contributed by atoms with E-state index in [9.17, 15) is 28.7 Å². The smallest absolute Gasteiger partial charge is 0.810 e. The van der Waals surface area contributed by atoms with Crippen LogP contribution in [0.25, 0.3) is 0 Å². The van der Waals surface area contributed by atoms with Crippen LogP contribution in [-0.4, -0.2) is 46.1 Å². The van der Waals surface area contributed by atoms with Gasteiger partial charge in [-0.3, -0.25) is 0 Å². The number of hydrogen-bond donors (Lipinski definition) is 2. The van der Waals surface area contributed by atoms with Gasteiger partial charge < -0.3 is 40.2 Å². The Hall–Kier alpha value is -0.128. The van der Waals surface area contributed by atoms with E-state index in [0.29, 0.717) is 22.5 Å². The Morgan fingerprint density at radius 2 is 0.857 bits per heavy atom. The molecule has 0 fully saturated rings. The summed E-state index contributed by atoms with van der Waals surface area (Å²) < 4.78 is 21.3. The standard InChI is InChI=1S/2C8H12NO3P.2Mg/c2*1-6(13(10,11)12)7-2-4-8(9)5-3-7;;/h2*2-6H,9H2,1H3,(H2,10,11,12);;/q;;2*+2/p-4. The predicted octanol–water partition coefficient (Wildman–Crippen LogP) is -0.275. The van der Waals surface area contributed by atoms with Crippen LogP contribution in [0, 0.1) is 0 Å². The first-order valence-corrected chi connectivity index (χ1v) is 10.8. The van der Waals surface area contributed by atoms with E-state index in [1.54, 1.807) is 48.5 Å². The zero-order valence-corrected chi connectivity index (χ0v) is 20.3. The summed E-state index contributed by atoms with van der Waals surface area (Å²) in [5.74, 6) is 0. The minimum Gasteiger partial charge on any atom is -0.810 e. The van der Waals surface area contributed by atoms with Crippen molar-refractivity contribution < 1.29 is 28.7 Å². The summed E-state index contributed by atoms with van der Waals surface area (Å²) in [5.41, 5.74) is 10.9. The second-order valence-electron chi connectivity index (χ2n) is 5.76. The monoisotopic (exact) mass is 446 g/mol. The van der Waals surface area contributed by atoms with E-state index in [2.05, 4.69) is 0 Å². The molecule has 0 spiro atoms. The van der Waals surface area contributed by atoms with E-state index in [-0.39, 0.29) is 46.1 Å². The molecule has 2 atom stereocenters. The van der Waals surface area contributed by atoms with Gasteiger partial charge in [0.2, 0.25) is 0 Å². The van der Waals surface area contributed by atoms with Gasteiger partial charge in [0.15, 0.2) is 0 Å². The van der Waals surface area contributed by atoms with Crippen LogP contribution in [0.5, 0.6) is 0 Å². The van der Waals surface area contributed by atoms with Crippen molar-refractivity contribution >= 4 is 72.7 Å². The Labute approximate surface area is 196 Å². The molecule has 12 heteroatoms. The number of benzene rings is 2. The minimum atomic E-state index is -4.53. The number of nitrogen functional groups attached to an aromatic ring is 2. The van der Waals surface area contributed by atoms with Crippen LogP contribution in [0.2, 0.25) is 0 Å². The second kappa shape index (κ2) is 12.5. The van der Waals surface area contributed by atoms with E-state index >= 15 is 0 Å². The number of nitrogens with two attached hydrogens (primary N) is 2. The van der Waals surface area contributed by atoms with Gasteiger partial charge in [-0.15, -0.1) is 0 Å². The van der Waals surface area contributed by atoms with E-state index in [1.165, 1.54) is 13.8 Å². The van der Waals surface area contributed by atoms with Gasteiger partial charge in [-0.2, -0.15) is 0 Å². The zero-order valence-electron chi connectivity index (χ0n) is 15.7. The van der Waals surface area contributed by atoms with Crippen molar-refractivity contribution in [2.75, 3.05) is 11.5 Å². The molecule has 0 amide bonds. The van der Waals surface area contributed by atoms with Crippen LogP contribution in [0.4, 0.5) is 11.4 Å². The first-order valence-electron chi connectivity index (χ1n) is 7.56. The van der Waals surface area contributed by atoms with E-state index in [0.717, 1.165) is 0 Å². The van der Waals surface area contributed by atoms with Gasteiger partial charge in [0.1, 0.15) is 0 Å². The molecule has 2 aromatic carbocycles. The first-order chi connectivity index (χ1) is 11.8. The molecule has 0 radical (unpaired) electrons. The molecular formula is C16H20Mg2N2O6P2. The van der Waals surface area contributed by atoms with E-state index in [1.807, 2.05) is 0 Å². The molecule has 2 rings (SSSR count). The third-order valence-electron chi connectivity index (χ3n) is 3.79. The van der Waals surface area contributed by atoms with Crippen LogP contribution in [-0.2, 0) is 9.13 Å². The van der Waals surface area contributed by atoms with Crippen LogP contribution in [0.15, 0.2) is 48.5 Å². The molecule has 0 heterocycles. The molecule has 0 aliphatic rings. The van der Waals surface area contributed by atoms with Gasteiger partial charge in [0, 0.05) is 22.7 Å². The van der Waals surface area contributed by atoms with Crippen LogP contribution in [0.3, 0.4) is 0 Å². The van der Waals surface area contributed by atoms with Gasteiger partial charge in [-0.25, -0.2) is 0 Å². The summed E-state index contributed by atoms with van der Waals surface area (Å²) >= 11 is 0. The van der Waals surface area contributed by atoms with Crippen molar-refractivity contribution in [2.24, 2.45) is 0 Å². The second-order valence-corrected chi connectivity index (χ2v) is 9.47. The normalized spacial score (nSPS) is 13.1. The molecule has 8 nitrogen and oxygen atoms in total. The van der Waals surface area contributed by atoms with Crippen molar-refractivity contribution in [3.05, 3.63) is 59.7 Å². The van der Waals surface area contributed by atoms with Crippen molar-refractivity contribution in [3.63, 3.8) is 0 Å². The fourth-order valence-corrected chi connectivity index (χ4v) is 2.99. The Morgan fingerprint density at radius 3 is 1.04 bits per heavy atom. The quantitative estimate of drug-likeness (QED) is 0.365. The fraction of sp³-hybridized carbons (Fsp3) is 0.250. The average molecular weight is 447 g/mol. The Balaban J connectivity index is 0. The Kier molecular flexibility index (Phi) is 13.5. The van der Waals surface area contributed by atoms with Gasteiger partial charge in [-0.05, 0) is 35.4 Å². The SMILES string of the molecule is CC(c1ccc(N)cc1)P(=O)([O-])[O-].CC(c1ccc(N)cc1)P(=O)([O-])[O-].[Mg+2].[Mg+2]. The first kappa shape index (κ1) is 30.1. The zero-order chi connectivity index (χ0) is 20.1. The average Bonchev–Trinajstić information content (AvgIpc) is 2.54. The predicted molar refractivity (Wildman–Crippen MR) is 105 cm³/mol. The molecule has 28 heavy (non-hydrogen) atoms. The summed E-state index contributed by atoms with van der Waals surface area (Å²) in [6.45, 7) is 2.73. The fourth-order valence-electron chi connectivity index (χ4n) is 1.91. The number of rotatable bonds is 4. The van der Waals surface area contributed by atoms with E-state index in [4.69, 9.17) is 11.5 Å². The van der Waals surface area contributed by atoms with Crippen LogP contribution >= 0.6 is 15.2 Å². The number of anilines is 2. The van der Waals surface area contributed by atoms with Gasteiger partial charge in [-0.1, -0.05) is 53.3 Å². The van der Waals surface area contributed by atoms with Crippen LogP contribution < -0.4 is 31.0 Å². The molecule has 0 saturated carbocycles. The minimum absolute atomic E-state index is 0. The molecule has 144 valence electrons. The summed E-state index contributed by atoms with van der Waals surface area (Å²) in [4.78, 5) is 42.6. The molecule has 0 saturated heterocycles. The third-order valence-corrected chi connectivity index (χ3v) is 6.28. The molecular weight excluding hydrogens is 427 g/mol. The van der Waals surface area contributed by atoms with Crippen LogP contribution in [0.1, 0.15) is 36.3 Å². The molecule has 0 bridgehead atoms. The molecule has 2 aromatic rings.